The van der Waals surface area contributed by atoms with E-state index in [0.717, 1.165) is 23.4 Å². The summed E-state index contributed by atoms with van der Waals surface area (Å²) in [5.74, 6) is -0.326. The zero-order valence-corrected chi connectivity index (χ0v) is 15.4. The number of carbonyl (C=O) groups excluding carboxylic acids is 1. The molecule has 1 aliphatic heterocycles. The normalized spacial score (nSPS) is 19.0. The van der Waals surface area contributed by atoms with Gasteiger partial charge in [0.15, 0.2) is 0 Å². The molecule has 2 unspecified atom stereocenters. The fourth-order valence-corrected chi connectivity index (χ4v) is 4.12. The topological polar surface area (TPSA) is 75.7 Å². The summed E-state index contributed by atoms with van der Waals surface area (Å²) < 4.78 is 31.2. The summed E-state index contributed by atoms with van der Waals surface area (Å²) in [6.45, 7) is 2.88. The molecule has 0 bridgehead atoms. The molecule has 24 heavy (non-hydrogen) atoms. The van der Waals surface area contributed by atoms with Crippen molar-refractivity contribution >= 4 is 33.2 Å². The summed E-state index contributed by atoms with van der Waals surface area (Å²) in [5, 5.41) is 3.32. The number of rotatable bonds is 7. The van der Waals surface area contributed by atoms with Crippen LogP contribution < -0.4 is 9.62 Å². The minimum atomic E-state index is -3.63. The zero-order chi connectivity index (χ0) is 17.7. The van der Waals surface area contributed by atoms with Crippen LogP contribution in [0, 0.1) is 0 Å². The standard InChI is InChI=1S/C16H23ClN2O4S/c1-3-15(16(20)18-11-14-5-4-10-23-14)19(24(2,21)22)13-8-6-12(17)7-9-13/h6-9,14-15H,3-5,10-11H2,1-2H3,(H,18,20). The van der Waals surface area contributed by atoms with E-state index in [2.05, 4.69) is 5.32 Å². The highest BCUT2D eigenvalue weighted by Gasteiger charge is 2.31. The van der Waals surface area contributed by atoms with Crippen molar-refractivity contribution in [2.24, 2.45) is 0 Å². The second-order valence-electron chi connectivity index (χ2n) is 5.84. The van der Waals surface area contributed by atoms with E-state index in [-0.39, 0.29) is 12.0 Å². The third kappa shape index (κ3) is 4.84. The Labute approximate surface area is 148 Å². The van der Waals surface area contributed by atoms with Crippen molar-refractivity contribution in [3.05, 3.63) is 29.3 Å². The van der Waals surface area contributed by atoms with Crippen LogP contribution in [0.2, 0.25) is 5.02 Å². The largest absolute Gasteiger partial charge is 0.376 e. The predicted octanol–water partition coefficient (Wildman–Crippen LogP) is 2.18. The Bertz CT molecular complexity index is 657. The summed E-state index contributed by atoms with van der Waals surface area (Å²) in [6, 6.07) is 5.58. The number of benzene rings is 1. The van der Waals surface area contributed by atoms with Crippen molar-refractivity contribution in [1.29, 1.82) is 0 Å². The van der Waals surface area contributed by atoms with E-state index < -0.39 is 16.1 Å². The van der Waals surface area contributed by atoms with E-state index in [1.807, 2.05) is 0 Å². The van der Waals surface area contributed by atoms with E-state index in [9.17, 15) is 13.2 Å². The second kappa shape index (κ2) is 8.18. The predicted molar refractivity (Wildman–Crippen MR) is 94.8 cm³/mol. The molecule has 0 saturated carbocycles. The van der Waals surface area contributed by atoms with Gasteiger partial charge in [0.25, 0.3) is 0 Å². The zero-order valence-electron chi connectivity index (χ0n) is 13.9. The summed E-state index contributed by atoms with van der Waals surface area (Å²) in [7, 11) is -3.63. The number of carbonyl (C=O) groups is 1. The third-order valence-corrected chi connectivity index (χ3v) is 5.37. The van der Waals surface area contributed by atoms with E-state index in [1.165, 1.54) is 0 Å². The lowest BCUT2D eigenvalue weighted by atomic mass is 10.1. The lowest BCUT2D eigenvalue weighted by Crippen LogP contribution is -2.50. The van der Waals surface area contributed by atoms with Gasteiger partial charge in [-0.25, -0.2) is 8.42 Å². The molecule has 1 aromatic carbocycles. The average Bonchev–Trinajstić information content (AvgIpc) is 3.03. The maximum atomic E-state index is 12.6. The number of nitrogens with one attached hydrogen (secondary N) is 1. The fourth-order valence-electron chi connectivity index (χ4n) is 2.79. The Morgan fingerprint density at radius 1 is 1.42 bits per heavy atom. The molecule has 1 N–H and O–H groups in total. The Hall–Kier alpha value is -1.31. The first-order valence-electron chi connectivity index (χ1n) is 7.97. The molecule has 0 aromatic heterocycles. The van der Waals surface area contributed by atoms with Crippen LogP contribution in [0.3, 0.4) is 0 Å². The molecule has 0 radical (unpaired) electrons. The molecular weight excluding hydrogens is 352 g/mol. The second-order valence-corrected chi connectivity index (χ2v) is 8.14. The van der Waals surface area contributed by atoms with Gasteiger partial charge in [-0.3, -0.25) is 9.10 Å². The fraction of sp³-hybridized carbons (Fsp3) is 0.562. The first-order valence-corrected chi connectivity index (χ1v) is 10.2. The minimum Gasteiger partial charge on any atom is -0.376 e. The maximum absolute atomic E-state index is 12.6. The van der Waals surface area contributed by atoms with Gasteiger partial charge in [0, 0.05) is 18.2 Å². The van der Waals surface area contributed by atoms with Gasteiger partial charge in [-0.2, -0.15) is 0 Å². The molecule has 1 aliphatic rings. The number of halogens is 1. The molecule has 0 spiro atoms. The van der Waals surface area contributed by atoms with Crippen LogP contribution in [0.1, 0.15) is 26.2 Å². The number of ether oxygens (including phenoxy) is 1. The molecular formula is C16H23ClN2O4S. The van der Waals surface area contributed by atoms with Gasteiger partial charge >= 0.3 is 0 Å². The van der Waals surface area contributed by atoms with E-state index >= 15 is 0 Å². The van der Waals surface area contributed by atoms with E-state index in [0.29, 0.717) is 30.3 Å². The van der Waals surface area contributed by atoms with Crippen LogP contribution in [0.5, 0.6) is 0 Å². The molecule has 1 amide bonds. The van der Waals surface area contributed by atoms with Gasteiger partial charge in [-0.05, 0) is 43.5 Å². The molecule has 8 heteroatoms. The van der Waals surface area contributed by atoms with Crippen molar-refractivity contribution in [3.63, 3.8) is 0 Å². The smallest absolute Gasteiger partial charge is 0.243 e. The number of nitrogens with zero attached hydrogens (tertiary/aromatic N) is 1. The molecule has 1 fully saturated rings. The number of sulfonamides is 1. The quantitative estimate of drug-likeness (QED) is 0.793. The Kier molecular flexibility index (Phi) is 6.48. The van der Waals surface area contributed by atoms with Crippen LogP contribution in [0.15, 0.2) is 24.3 Å². The van der Waals surface area contributed by atoms with Gasteiger partial charge in [0.05, 0.1) is 18.0 Å². The molecule has 134 valence electrons. The van der Waals surface area contributed by atoms with Crippen molar-refractivity contribution in [2.75, 3.05) is 23.7 Å². The highest BCUT2D eigenvalue weighted by atomic mass is 35.5. The highest BCUT2D eigenvalue weighted by Crippen LogP contribution is 2.24. The van der Waals surface area contributed by atoms with E-state index in [4.69, 9.17) is 16.3 Å². The monoisotopic (exact) mass is 374 g/mol. The van der Waals surface area contributed by atoms with Gasteiger partial charge in [0.1, 0.15) is 6.04 Å². The van der Waals surface area contributed by atoms with Crippen LogP contribution >= 0.6 is 11.6 Å². The number of hydrogen-bond donors (Lipinski definition) is 1. The number of amides is 1. The first kappa shape index (κ1) is 19.0. The van der Waals surface area contributed by atoms with E-state index in [1.54, 1.807) is 31.2 Å². The number of anilines is 1. The minimum absolute atomic E-state index is 0.00803. The molecule has 1 aromatic rings. The van der Waals surface area contributed by atoms with Gasteiger partial charge in [-0.1, -0.05) is 18.5 Å². The summed E-state index contributed by atoms with van der Waals surface area (Å²) in [4.78, 5) is 12.6. The summed E-state index contributed by atoms with van der Waals surface area (Å²) in [6.07, 6.45) is 3.35. The molecule has 1 saturated heterocycles. The van der Waals surface area contributed by atoms with Crippen molar-refractivity contribution in [1.82, 2.24) is 5.32 Å². The maximum Gasteiger partial charge on any atom is 0.243 e. The lowest BCUT2D eigenvalue weighted by molar-refractivity contribution is -0.122. The summed E-state index contributed by atoms with van der Waals surface area (Å²) >= 11 is 5.87. The van der Waals surface area contributed by atoms with Crippen molar-refractivity contribution in [2.45, 2.75) is 38.3 Å². The van der Waals surface area contributed by atoms with Crippen molar-refractivity contribution < 1.29 is 17.9 Å². The van der Waals surface area contributed by atoms with Crippen LogP contribution in [-0.2, 0) is 19.6 Å². The highest BCUT2D eigenvalue weighted by molar-refractivity contribution is 7.92. The molecule has 0 aliphatic carbocycles. The lowest BCUT2D eigenvalue weighted by Gasteiger charge is -2.30. The first-order chi connectivity index (χ1) is 11.3. The van der Waals surface area contributed by atoms with Gasteiger partial charge < -0.3 is 10.1 Å². The molecule has 2 atom stereocenters. The van der Waals surface area contributed by atoms with Crippen LogP contribution in [0.4, 0.5) is 5.69 Å². The van der Waals surface area contributed by atoms with Gasteiger partial charge in [-0.15, -0.1) is 0 Å². The Morgan fingerprint density at radius 3 is 2.58 bits per heavy atom. The SMILES string of the molecule is CCC(C(=O)NCC1CCCO1)N(c1ccc(Cl)cc1)S(C)(=O)=O. The van der Waals surface area contributed by atoms with Crippen molar-refractivity contribution in [3.8, 4) is 0 Å². The summed E-state index contributed by atoms with van der Waals surface area (Å²) in [5.41, 5.74) is 0.418. The average molecular weight is 375 g/mol. The molecule has 2 rings (SSSR count). The number of hydrogen-bond acceptors (Lipinski definition) is 4. The van der Waals surface area contributed by atoms with Crippen LogP contribution in [0.25, 0.3) is 0 Å². The Morgan fingerprint density at radius 2 is 2.08 bits per heavy atom. The van der Waals surface area contributed by atoms with Crippen LogP contribution in [-0.4, -0.2) is 45.9 Å². The van der Waals surface area contributed by atoms with Gasteiger partial charge in [0.2, 0.25) is 15.9 Å². The molecule has 6 nitrogen and oxygen atoms in total. The molecule has 1 heterocycles. The Balaban J connectivity index is 2.18. The third-order valence-electron chi connectivity index (χ3n) is 3.94.